The van der Waals surface area contributed by atoms with Gasteiger partial charge in [-0.15, -0.1) is 0 Å². The maximum absolute atomic E-state index is 8.51. The van der Waals surface area contributed by atoms with Crippen LogP contribution in [0.1, 0.15) is 203 Å². The topological polar surface area (TPSA) is 17.6 Å². The monoisotopic (exact) mass is 909 g/mol. The Morgan fingerprint density at radius 1 is 0.355 bits per heavy atom. The Balaban J connectivity index is 1.87. The summed E-state index contributed by atoms with van der Waals surface area (Å²) in [6, 6.07) is 26.7. The number of hydrogen-bond acceptors (Lipinski definition) is 0. The van der Waals surface area contributed by atoms with E-state index in [-0.39, 0.29) is 47.3 Å². The first kappa shape index (κ1) is 47.9. The summed E-state index contributed by atoms with van der Waals surface area (Å²) < 4.78 is 9.09. The Kier molecular flexibility index (Phi) is 14.0. The Bertz CT molecular complexity index is 2280. The third-order valence-corrected chi connectivity index (χ3v) is 18.6. The van der Waals surface area contributed by atoms with Gasteiger partial charge in [-0.05, 0) is 0 Å². The fourth-order valence-corrected chi connectivity index (χ4v) is 14.0. The molecule has 0 unspecified atom stereocenters. The van der Waals surface area contributed by atoms with E-state index in [0.717, 1.165) is 22.7 Å². The normalized spacial score (nSPS) is 13.3. The molecule has 2 heterocycles. The van der Waals surface area contributed by atoms with Crippen LogP contribution in [-0.2, 0) is 0 Å². The molecule has 0 amide bonds. The van der Waals surface area contributed by atoms with Gasteiger partial charge >= 0.3 is 391 Å². The van der Waals surface area contributed by atoms with Crippen molar-refractivity contribution in [2.24, 2.45) is 0 Å². The quantitative estimate of drug-likeness (QED) is 0.0589. The summed E-state index contributed by atoms with van der Waals surface area (Å²) in [5.74, 6) is 1.95. The molecule has 4 aromatic carbocycles. The molecule has 6 rings (SSSR count). The van der Waals surface area contributed by atoms with E-state index in [1.54, 1.807) is 0 Å². The molecule has 0 spiro atoms. The van der Waals surface area contributed by atoms with Crippen molar-refractivity contribution >= 4 is 49.2 Å². The van der Waals surface area contributed by atoms with Crippen LogP contribution in [-0.4, -0.2) is 14.4 Å². The molecule has 0 radical (unpaired) electrons. The standard InChI is InChI=1S/C54H72Cl3N4Si/c1-33(2)41-21-17-22-42(34(3)4)51(41)58-29-49(60(31-58)53-45(37(9)10)25-19-26-46(53)38(11)12)62(55,56,57)50-30-59(52-43(35(5)6)23-18-24-44(52)36(7)8)32-61(50)54-47(39(13)14)27-20-28-48(54)40(15)16/h17-40H,1-16H3/q+1. The van der Waals surface area contributed by atoms with Crippen molar-refractivity contribution < 1.29 is 9.13 Å². The zero-order chi connectivity index (χ0) is 45.8. The van der Waals surface area contributed by atoms with Crippen molar-refractivity contribution in [3.63, 3.8) is 0 Å². The molecular formula is C54H72Cl3N4Si+. The van der Waals surface area contributed by atoms with Gasteiger partial charge in [-0.3, -0.25) is 0 Å². The Morgan fingerprint density at radius 2 is 0.565 bits per heavy atom. The second kappa shape index (κ2) is 18.1. The van der Waals surface area contributed by atoms with Crippen molar-refractivity contribution in [3.05, 3.63) is 142 Å². The number of para-hydroxylation sites is 4. The number of nitrogens with zero attached hydrogens (tertiary/aromatic N) is 4. The van der Waals surface area contributed by atoms with Crippen LogP contribution in [0, 0.1) is 0 Å². The van der Waals surface area contributed by atoms with Gasteiger partial charge in [-0.2, -0.15) is 0 Å². The second-order valence-corrected chi connectivity index (χ2v) is 31.5. The van der Waals surface area contributed by atoms with Crippen molar-refractivity contribution in [2.75, 3.05) is 0 Å². The van der Waals surface area contributed by atoms with E-state index in [1.807, 2.05) is 0 Å². The zero-order valence-electron chi connectivity index (χ0n) is 40.3. The second-order valence-electron chi connectivity index (χ2n) is 20.1. The average Bonchev–Trinajstić information content (AvgIpc) is 3.86. The number of benzene rings is 4. The molecule has 0 aliphatic rings. The molecule has 62 heavy (non-hydrogen) atoms. The summed E-state index contributed by atoms with van der Waals surface area (Å²) in [6.45, 7) is 36.2. The maximum atomic E-state index is 8.51. The van der Waals surface area contributed by atoms with Crippen LogP contribution in [0.5, 0.6) is 0 Å². The average molecular weight is 912 g/mol. The van der Waals surface area contributed by atoms with Gasteiger partial charge in [0.1, 0.15) is 0 Å². The Morgan fingerprint density at radius 3 is 0.774 bits per heavy atom. The summed E-state index contributed by atoms with van der Waals surface area (Å²) in [5.41, 5.74) is 14.4. The van der Waals surface area contributed by atoms with Crippen LogP contribution in [0.3, 0.4) is 0 Å². The molecule has 0 saturated heterocycles. The van der Waals surface area contributed by atoms with Crippen molar-refractivity contribution in [2.45, 2.75) is 158 Å². The molecule has 2 aromatic heterocycles. The van der Waals surface area contributed by atoms with E-state index < -0.39 is 5.28 Å². The number of hydrogen-bond donors (Lipinski definition) is 0. The SMILES string of the molecule is CC(C)c1cccc(C(C)C)c1-n1c[n+](-c2c(C(C)C)cccc2C(C)C)cc1[Si-](Cl)(Cl)(Cl)c1c[n+](-c2c(C(C)C)cccc2C(C)C)cn1-c1c(C(C)C)cccc1C(C)C. The van der Waals surface area contributed by atoms with Gasteiger partial charge in [0.25, 0.3) is 0 Å². The number of aromatic nitrogens is 4. The van der Waals surface area contributed by atoms with E-state index in [9.17, 15) is 0 Å². The summed E-state index contributed by atoms with van der Waals surface area (Å²) in [7, 11) is 0. The summed E-state index contributed by atoms with van der Waals surface area (Å²) in [4.78, 5) is 0. The van der Waals surface area contributed by atoms with Crippen LogP contribution in [0.2, 0.25) is 0 Å². The first-order valence-electron chi connectivity index (χ1n) is 23.1. The molecule has 332 valence electrons. The first-order chi connectivity index (χ1) is 29.0. The molecule has 0 bridgehead atoms. The van der Waals surface area contributed by atoms with Gasteiger partial charge < -0.3 is 0 Å². The molecule has 8 heteroatoms. The van der Waals surface area contributed by atoms with Gasteiger partial charge in [0.15, 0.2) is 0 Å². The van der Waals surface area contributed by atoms with Gasteiger partial charge in [-0.1, -0.05) is 0 Å². The van der Waals surface area contributed by atoms with Crippen LogP contribution >= 0.6 is 33.2 Å². The molecule has 0 N–H and O–H groups in total. The zero-order valence-corrected chi connectivity index (χ0v) is 43.5. The van der Waals surface area contributed by atoms with E-state index in [0.29, 0.717) is 10.6 Å². The third-order valence-electron chi connectivity index (χ3n) is 12.7. The van der Waals surface area contributed by atoms with Crippen LogP contribution in [0.4, 0.5) is 0 Å². The van der Waals surface area contributed by atoms with Gasteiger partial charge in [-0.25, -0.2) is 0 Å². The molecule has 6 aromatic rings. The number of rotatable bonds is 14. The molecule has 0 aliphatic heterocycles. The van der Waals surface area contributed by atoms with Crippen LogP contribution in [0.25, 0.3) is 22.7 Å². The molecule has 0 atom stereocenters. The van der Waals surface area contributed by atoms with E-state index in [2.05, 4.69) is 227 Å². The number of halogens is 3. The first-order valence-corrected chi connectivity index (χ1v) is 28.6. The van der Waals surface area contributed by atoms with Crippen molar-refractivity contribution in [3.8, 4) is 22.7 Å². The Labute approximate surface area is 388 Å². The minimum absolute atomic E-state index is 0.218. The van der Waals surface area contributed by atoms with Gasteiger partial charge in [0, 0.05) is 0 Å². The molecule has 0 saturated carbocycles. The predicted octanol–water partition coefficient (Wildman–Crippen LogP) is 14.5. The predicted molar refractivity (Wildman–Crippen MR) is 270 cm³/mol. The molecular weight excluding hydrogens is 839 g/mol. The van der Waals surface area contributed by atoms with Gasteiger partial charge in [0.05, 0.1) is 0 Å². The fourth-order valence-electron chi connectivity index (χ4n) is 9.36. The number of imidazole rings is 2. The van der Waals surface area contributed by atoms with Crippen molar-refractivity contribution in [1.29, 1.82) is 0 Å². The molecule has 0 aliphatic carbocycles. The van der Waals surface area contributed by atoms with E-state index >= 15 is 0 Å². The molecule has 4 nitrogen and oxygen atoms in total. The summed E-state index contributed by atoms with van der Waals surface area (Å²) in [6.07, 6.45) is 8.75. The van der Waals surface area contributed by atoms with Crippen molar-refractivity contribution in [1.82, 2.24) is 9.13 Å². The van der Waals surface area contributed by atoms with Crippen LogP contribution < -0.4 is 19.8 Å². The van der Waals surface area contributed by atoms with E-state index in [4.69, 9.17) is 33.2 Å². The molecule has 0 fully saturated rings. The fraction of sp³-hybridized carbons (Fsp3) is 0.444. The van der Waals surface area contributed by atoms with Crippen LogP contribution in [0.15, 0.2) is 97.8 Å². The minimum atomic E-state index is -5.15. The Hall–Kier alpha value is -3.61. The summed E-state index contributed by atoms with van der Waals surface area (Å²) >= 11 is 25.5. The summed E-state index contributed by atoms with van der Waals surface area (Å²) in [5, 5.41) is -3.76. The third kappa shape index (κ3) is 8.78. The van der Waals surface area contributed by atoms with E-state index in [1.165, 1.54) is 44.5 Å². The van der Waals surface area contributed by atoms with Gasteiger partial charge in [0.2, 0.25) is 0 Å².